The molecule has 0 saturated carbocycles. The third-order valence-electron chi connectivity index (χ3n) is 5.18. The summed E-state index contributed by atoms with van der Waals surface area (Å²) in [6.07, 6.45) is 5.58. The molecule has 0 saturated heterocycles. The van der Waals surface area contributed by atoms with Crippen molar-refractivity contribution < 1.29 is 14.1 Å². The van der Waals surface area contributed by atoms with E-state index in [1.165, 1.54) is 18.9 Å². The van der Waals surface area contributed by atoms with Gasteiger partial charge in [0, 0.05) is 19.4 Å². The largest absolute Gasteiger partial charge is 0.469 e. The molecule has 2 heterocycles. The second-order valence-corrected chi connectivity index (χ2v) is 8.98. The van der Waals surface area contributed by atoms with E-state index < -0.39 is 0 Å². The van der Waals surface area contributed by atoms with Crippen LogP contribution in [-0.4, -0.2) is 32.8 Å². The summed E-state index contributed by atoms with van der Waals surface area (Å²) in [7, 11) is 1.39. The fraction of sp³-hybridized carbons (Fsp3) is 0.522. The Kier molecular flexibility index (Phi) is 8.84. The highest BCUT2D eigenvalue weighted by Crippen LogP contribution is 2.33. The molecule has 172 valence electrons. The van der Waals surface area contributed by atoms with Gasteiger partial charge in [-0.05, 0) is 38.3 Å². The van der Waals surface area contributed by atoms with Gasteiger partial charge >= 0.3 is 5.97 Å². The maximum Gasteiger partial charge on any atom is 0.305 e. The Balaban J connectivity index is 1.78. The van der Waals surface area contributed by atoms with Gasteiger partial charge in [-0.2, -0.15) is 4.98 Å². The lowest BCUT2D eigenvalue weighted by atomic mass is 10.2. The summed E-state index contributed by atoms with van der Waals surface area (Å²) < 4.78 is 11.9. The fourth-order valence-electron chi connectivity index (χ4n) is 3.33. The molecule has 32 heavy (non-hydrogen) atoms. The van der Waals surface area contributed by atoms with E-state index in [9.17, 15) is 9.59 Å². The van der Waals surface area contributed by atoms with Crippen molar-refractivity contribution in [1.29, 1.82) is 0 Å². The summed E-state index contributed by atoms with van der Waals surface area (Å²) in [6, 6.07) is 7.37. The van der Waals surface area contributed by atoms with Crippen LogP contribution < -0.4 is 5.56 Å². The predicted octanol–water partition coefficient (Wildman–Crippen LogP) is 4.71. The molecule has 1 aromatic carbocycles. The van der Waals surface area contributed by atoms with Crippen molar-refractivity contribution in [3.05, 3.63) is 46.3 Å². The van der Waals surface area contributed by atoms with Crippen molar-refractivity contribution in [3.8, 4) is 0 Å². The minimum atomic E-state index is -0.211. The smallest absolute Gasteiger partial charge is 0.305 e. The number of benzene rings is 1. The zero-order valence-electron chi connectivity index (χ0n) is 18.9. The number of nitrogens with zero attached hydrogens (tertiary/aromatic N) is 4. The number of rotatable bonds is 12. The van der Waals surface area contributed by atoms with Crippen LogP contribution in [0, 0.1) is 0 Å². The van der Waals surface area contributed by atoms with Crippen molar-refractivity contribution >= 4 is 28.6 Å². The number of carbonyl (C=O) groups excluding carboxylic acids is 1. The number of methoxy groups -OCH3 is 1. The van der Waals surface area contributed by atoms with Crippen LogP contribution in [0.5, 0.6) is 0 Å². The molecule has 1 unspecified atom stereocenters. The van der Waals surface area contributed by atoms with Gasteiger partial charge < -0.3 is 9.26 Å². The summed E-state index contributed by atoms with van der Waals surface area (Å²) in [5.74, 6) is 1.04. The van der Waals surface area contributed by atoms with E-state index in [0.29, 0.717) is 40.7 Å². The van der Waals surface area contributed by atoms with Crippen LogP contribution in [0.15, 0.2) is 38.7 Å². The van der Waals surface area contributed by atoms with Crippen molar-refractivity contribution in [2.45, 2.75) is 75.7 Å². The first kappa shape index (κ1) is 24.0. The standard InChI is InChI=1S/C23H30N4O4S/c1-4-5-13-19-25-21(31-26-19)16(2)32-23-24-18-12-9-8-11-17(18)22(29)27(23)15-10-6-7-14-20(28)30-3/h8-9,11-12,16H,4-7,10,13-15H2,1-3H3. The van der Waals surface area contributed by atoms with Crippen molar-refractivity contribution in [2.75, 3.05) is 7.11 Å². The number of thioether (sulfide) groups is 1. The molecular weight excluding hydrogens is 428 g/mol. The van der Waals surface area contributed by atoms with Crippen molar-refractivity contribution in [2.24, 2.45) is 0 Å². The van der Waals surface area contributed by atoms with E-state index in [4.69, 9.17) is 9.51 Å². The first-order valence-electron chi connectivity index (χ1n) is 11.1. The van der Waals surface area contributed by atoms with Crippen LogP contribution >= 0.6 is 11.8 Å². The number of fused-ring (bicyclic) bond motifs is 1. The van der Waals surface area contributed by atoms with Gasteiger partial charge in [-0.15, -0.1) is 0 Å². The van der Waals surface area contributed by atoms with Gasteiger partial charge in [0.1, 0.15) is 0 Å². The Labute approximate surface area is 191 Å². The predicted molar refractivity (Wildman–Crippen MR) is 124 cm³/mol. The molecule has 0 aliphatic rings. The van der Waals surface area contributed by atoms with Gasteiger partial charge in [0.05, 0.1) is 23.3 Å². The highest BCUT2D eigenvalue weighted by molar-refractivity contribution is 7.99. The van der Waals surface area contributed by atoms with Gasteiger partial charge in [-0.3, -0.25) is 14.2 Å². The lowest BCUT2D eigenvalue weighted by molar-refractivity contribution is -0.140. The maximum atomic E-state index is 13.2. The Hall–Kier alpha value is -2.68. The minimum Gasteiger partial charge on any atom is -0.469 e. The molecule has 0 aliphatic carbocycles. The Morgan fingerprint density at radius 1 is 1.19 bits per heavy atom. The molecule has 0 N–H and O–H groups in total. The third kappa shape index (κ3) is 6.18. The normalized spacial score (nSPS) is 12.2. The van der Waals surface area contributed by atoms with Crippen molar-refractivity contribution in [1.82, 2.24) is 19.7 Å². The third-order valence-corrected chi connectivity index (χ3v) is 6.26. The fourth-order valence-corrected chi connectivity index (χ4v) is 4.30. The van der Waals surface area contributed by atoms with Crippen LogP contribution in [0.4, 0.5) is 0 Å². The van der Waals surface area contributed by atoms with E-state index >= 15 is 0 Å². The Morgan fingerprint density at radius 3 is 2.78 bits per heavy atom. The summed E-state index contributed by atoms with van der Waals surface area (Å²) in [6.45, 7) is 4.63. The highest BCUT2D eigenvalue weighted by atomic mass is 32.2. The number of hydrogen-bond donors (Lipinski definition) is 0. The SMILES string of the molecule is CCCCc1noc(C(C)Sc2nc3ccccc3c(=O)n2CCCCCC(=O)OC)n1. The zero-order valence-corrected chi connectivity index (χ0v) is 19.7. The average Bonchev–Trinajstić information content (AvgIpc) is 3.28. The number of hydrogen-bond acceptors (Lipinski definition) is 8. The molecule has 0 radical (unpaired) electrons. The highest BCUT2D eigenvalue weighted by Gasteiger charge is 2.20. The lowest BCUT2D eigenvalue weighted by Crippen LogP contribution is -2.23. The maximum absolute atomic E-state index is 13.2. The number of aromatic nitrogens is 4. The van der Waals surface area contributed by atoms with E-state index in [1.54, 1.807) is 10.6 Å². The summed E-state index contributed by atoms with van der Waals surface area (Å²) in [5.41, 5.74) is 0.607. The molecule has 3 rings (SSSR count). The van der Waals surface area contributed by atoms with E-state index in [0.717, 1.165) is 38.5 Å². The molecule has 0 fully saturated rings. The molecule has 0 bridgehead atoms. The molecule has 2 aromatic heterocycles. The first-order chi connectivity index (χ1) is 15.5. The van der Waals surface area contributed by atoms with Gasteiger partial charge in [0.25, 0.3) is 5.56 Å². The number of unbranched alkanes of at least 4 members (excludes halogenated alkanes) is 3. The van der Waals surface area contributed by atoms with Gasteiger partial charge in [-0.25, -0.2) is 4.98 Å². The summed E-state index contributed by atoms with van der Waals surface area (Å²) in [4.78, 5) is 33.8. The average molecular weight is 459 g/mol. The van der Waals surface area contributed by atoms with Crippen LogP contribution in [-0.2, 0) is 22.5 Å². The van der Waals surface area contributed by atoms with Crippen molar-refractivity contribution in [3.63, 3.8) is 0 Å². The quantitative estimate of drug-likeness (QED) is 0.166. The molecular formula is C23H30N4O4S. The van der Waals surface area contributed by atoms with Gasteiger partial charge in [0.2, 0.25) is 5.89 Å². The summed E-state index contributed by atoms with van der Waals surface area (Å²) >= 11 is 1.44. The van der Waals surface area contributed by atoms with Crippen LogP contribution in [0.2, 0.25) is 0 Å². The number of esters is 1. The topological polar surface area (TPSA) is 100 Å². The molecule has 1 atom stereocenters. The molecule has 0 spiro atoms. The minimum absolute atomic E-state index is 0.0626. The van der Waals surface area contributed by atoms with Gasteiger partial charge in [0.15, 0.2) is 11.0 Å². The Bertz CT molecular complexity index is 1100. The molecule has 0 amide bonds. The van der Waals surface area contributed by atoms with Crippen LogP contribution in [0.1, 0.15) is 69.3 Å². The monoisotopic (exact) mass is 458 g/mol. The lowest BCUT2D eigenvalue weighted by Gasteiger charge is -2.14. The molecule has 3 aromatic rings. The zero-order chi connectivity index (χ0) is 22.9. The van der Waals surface area contributed by atoms with E-state index in [1.807, 2.05) is 25.1 Å². The van der Waals surface area contributed by atoms with Crippen LogP contribution in [0.25, 0.3) is 10.9 Å². The first-order valence-corrected chi connectivity index (χ1v) is 12.0. The van der Waals surface area contributed by atoms with Crippen LogP contribution in [0.3, 0.4) is 0 Å². The summed E-state index contributed by atoms with van der Waals surface area (Å²) in [5, 5.41) is 5.15. The number of ether oxygens (including phenoxy) is 1. The number of para-hydroxylation sites is 1. The van der Waals surface area contributed by atoms with Gasteiger partial charge in [-0.1, -0.05) is 48.8 Å². The second kappa shape index (κ2) is 11.8. The Morgan fingerprint density at radius 2 is 2.00 bits per heavy atom. The molecule has 8 nitrogen and oxygen atoms in total. The number of aryl methyl sites for hydroxylation is 1. The van der Waals surface area contributed by atoms with E-state index in [-0.39, 0.29) is 16.8 Å². The second-order valence-electron chi connectivity index (χ2n) is 7.67. The molecule has 0 aliphatic heterocycles. The molecule has 9 heteroatoms. The number of carbonyl (C=O) groups is 1. The van der Waals surface area contributed by atoms with E-state index in [2.05, 4.69) is 21.8 Å².